The van der Waals surface area contributed by atoms with Crippen molar-refractivity contribution in [3.63, 3.8) is 0 Å². The maximum atomic E-state index is 12.2. The van der Waals surface area contributed by atoms with Gasteiger partial charge in [-0.25, -0.2) is 0 Å². The van der Waals surface area contributed by atoms with Gasteiger partial charge in [-0.05, 0) is 39.1 Å². The molecule has 0 aliphatic heterocycles. The Labute approximate surface area is 126 Å². The normalized spacial score (nSPS) is 12.2. The van der Waals surface area contributed by atoms with Crippen molar-refractivity contribution in [1.29, 1.82) is 0 Å². The molecule has 0 heterocycles. The first-order chi connectivity index (χ1) is 9.45. The van der Waals surface area contributed by atoms with Gasteiger partial charge in [0.2, 0.25) is 5.91 Å². The topological polar surface area (TPSA) is 58.4 Å². The van der Waals surface area contributed by atoms with Crippen LogP contribution in [0.5, 0.6) is 0 Å². The summed E-state index contributed by atoms with van der Waals surface area (Å²) in [7, 11) is 1.96. The molecule has 0 bridgehead atoms. The fourth-order valence-corrected chi connectivity index (χ4v) is 1.93. The van der Waals surface area contributed by atoms with Gasteiger partial charge in [-0.3, -0.25) is 9.69 Å². The highest BCUT2D eigenvalue weighted by atomic mass is 32.1. The Morgan fingerprint density at radius 2 is 2.20 bits per heavy atom. The molecule has 0 fully saturated rings. The van der Waals surface area contributed by atoms with E-state index in [-0.39, 0.29) is 11.9 Å². The number of benzene rings is 1. The summed E-state index contributed by atoms with van der Waals surface area (Å²) in [6.07, 6.45) is 2.21. The van der Waals surface area contributed by atoms with Crippen LogP contribution in [0.15, 0.2) is 24.3 Å². The van der Waals surface area contributed by atoms with Crippen molar-refractivity contribution >= 4 is 28.8 Å². The zero-order valence-corrected chi connectivity index (χ0v) is 13.2. The molecule has 3 N–H and O–H groups in total. The number of unbranched alkanes of at least 4 members (excludes halogenated alkanes) is 1. The van der Waals surface area contributed by atoms with Gasteiger partial charge in [-0.15, -0.1) is 0 Å². The molecular formula is C15H23N3OS. The Bertz CT molecular complexity index is 476. The Morgan fingerprint density at radius 1 is 1.50 bits per heavy atom. The predicted octanol–water partition coefficient (Wildman–Crippen LogP) is 2.38. The SMILES string of the molecule is CCCCN(C)C(C)C(=O)Nc1cccc(C(N)=S)c1. The van der Waals surface area contributed by atoms with E-state index in [2.05, 4.69) is 17.1 Å². The quantitative estimate of drug-likeness (QED) is 0.758. The molecule has 0 aromatic heterocycles. The summed E-state index contributed by atoms with van der Waals surface area (Å²) >= 11 is 4.93. The predicted molar refractivity (Wildman–Crippen MR) is 88.0 cm³/mol. The summed E-state index contributed by atoms with van der Waals surface area (Å²) in [5.74, 6) is -0.0244. The molecule has 0 aliphatic rings. The first-order valence-electron chi connectivity index (χ1n) is 6.86. The highest BCUT2D eigenvalue weighted by Crippen LogP contribution is 2.12. The van der Waals surface area contributed by atoms with E-state index in [0.717, 1.165) is 30.6 Å². The van der Waals surface area contributed by atoms with Crippen molar-refractivity contribution in [2.45, 2.75) is 32.7 Å². The Balaban J connectivity index is 2.65. The molecule has 1 unspecified atom stereocenters. The zero-order valence-electron chi connectivity index (χ0n) is 12.3. The van der Waals surface area contributed by atoms with Crippen molar-refractivity contribution in [2.75, 3.05) is 18.9 Å². The minimum Gasteiger partial charge on any atom is -0.389 e. The molecule has 5 heteroatoms. The fraction of sp³-hybridized carbons (Fsp3) is 0.467. The monoisotopic (exact) mass is 293 g/mol. The van der Waals surface area contributed by atoms with Crippen molar-refractivity contribution < 1.29 is 4.79 Å². The molecule has 0 radical (unpaired) electrons. The minimum atomic E-state index is -0.171. The van der Waals surface area contributed by atoms with Gasteiger partial charge in [0.25, 0.3) is 0 Å². The van der Waals surface area contributed by atoms with E-state index in [1.54, 1.807) is 6.07 Å². The molecule has 0 saturated heterocycles. The number of carbonyl (C=O) groups excluding carboxylic acids is 1. The third kappa shape index (κ3) is 4.90. The molecule has 1 aromatic rings. The van der Waals surface area contributed by atoms with Crippen molar-refractivity contribution in [3.8, 4) is 0 Å². The number of likely N-dealkylation sites (N-methyl/N-ethyl adjacent to an activating group) is 1. The van der Waals surface area contributed by atoms with Crippen molar-refractivity contribution in [2.24, 2.45) is 5.73 Å². The fourth-order valence-electron chi connectivity index (χ4n) is 1.80. The lowest BCUT2D eigenvalue weighted by molar-refractivity contribution is -0.120. The van der Waals surface area contributed by atoms with Crippen LogP contribution in [0.1, 0.15) is 32.3 Å². The molecule has 4 nitrogen and oxygen atoms in total. The third-order valence-corrected chi connectivity index (χ3v) is 3.56. The van der Waals surface area contributed by atoms with Crippen LogP contribution >= 0.6 is 12.2 Å². The van der Waals surface area contributed by atoms with Crippen molar-refractivity contribution in [3.05, 3.63) is 29.8 Å². The van der Waals surface area contributed by atoms with Crippen LogP contribution in [-0.2, 0) is 4.79 Å². The van der Waals surface area contributed by atoms with Gasteiger partial charge in [0.05, 0.1) is 6.04 Å². The lowest BCUT2D eigenvalue weighted by Crippen LogP contribution is -2.40. The van der Waals surface area contributed by atoms with Crippen LogP contribution in [0.25, 0.3) is 0 Å². The minimum absolute atomic E-state index is 0.0244. The van der Waals surface area contributed by atoms with Gasteiger partial charge >= 0.3 is 0 Å². The van der Waals surface area contributed by atoms with Crippen LogP contribution in [-0.4, -0.2) is 35.4 Å². The van der Waals surface area contributed by atoms with Crippen LogP contribution < -0.4 is 11.1 Å². The van der Waals surface area contributed by atoms with Gasteiger partial charge in [0.1, 0.15) is 4.99 Å². The summed E-state index contributed by atoms with van der Waals surface area (Å²) < 4.78 is 0. The number of hydrogen-bond acceptors (Lipinski definition) is 3. The maximum Gasteiger partial charge on any atom is 0.241 e. The molecule has 1 aromatic carbocycles. The third-order valence-electron chi connectivity index (χ3n) is 3.32. The Hall–Kier alpha value is -1.46. The van der Waals surface area contributed by atoms with E-state index in [9.17, 15) is 4.79 Å². The van der Waals surface area contributed by atoms with E-state index < -0.39 is 0 Å². The second-order valence-corrected chi connectivity index (χ2v) is 5.38. The zero-order chi connectivity index (χ0) is 15.1. The van der Waals surface area contributed by atoms with Crippen molar-refractivity contribution in [1.82, 2.24) is 4.90 Å². The van der Waals surface area contributed by atoms with Crippen LogP contribution in [0, 0.1) is 0 Å². The standard InChI is InChI=1S/C15H23N3OS/c1-4-5-9-18(3)11(2)15(19)17-13-8-6-7-12(10-13)14(16)20/h6-8,10-11H,4-5,9H2,1-3H3,(H2,16,20)(H,17,19). The summed E-state index contributed by atoms with van der Waals surface area (Å²) in [5.41, 5.74) is 7.06. The van der Waals surface area contributed by atoms with Crippen LogP contribution in [0.3, 0.4) is 0 Å². The summed E-state index contributed by atoms with van der Waals surface area (Å²) in [6, 6.07) is 7.11. The van der Waals surface area contributed by atoms with E-state index in [1.807, 2.05) is 32.2 Å². The molecule has 20 heavy (non-hydrogen) atoms. The molecule has 0 spiro atoms. The number of nitrogens with one attached hydrogen (secondary N) is 1. The van der Waals surface area contributed by atoms with E-state index in [1.165, 1.54) is 0 Å². The van der Waals surface area contributed by atoms with E-state index in [4.69, 9.17) is 18.0 Å². The lowest BCUT2D eigenvalue weighted by atomic mass is 10.2. The number of carbonyl (C=O) groups is 1. The summed E-state index contributed by atoms with van der Waals surface area (Å²) in [6.45, 7) is 4.96. The Kier molecular flexibility index (Phi) is 6.61. The second kappa shape index (κ2) is 7.97. The van der Waals surface area contributed by atoms with Crippen LogP contribution in [0.4, 0.5) is 5.69 Å². The highest BCUT2D eigenvalue weighted by molar-refractivity contribution is 7.80. The molecular weight excluding hydrogens is 270 g/mol. The first kappa shape index (κ1) is 16.6. The number of amides is 1. The molecule has 0 saturated carbocycles. The van der Waals surface area contributed by atoms with Gasteiger partial charge < -0.3 is 11.1 Å². The maximum absolute atomic E-state index is 12.2. The molecule has 1 rings (SSSR count). The average molecular weight is 293 g/mol. The Morgan fingerprint density at radius 3 is 2.80 bits per heavy atom. The highest BCUT2D eigenvalue weighted by Gasteiger charge is 2.17. The van der Waals surface area contributed by atoms with Gasteiger partial charge in [0.15, 0.2) is 0 Å². The molecule has 0 aliphatic carbocycles. The number of rotatable bonds is 7. The van der Waals surface area contributed by atoms with Crippen LogP contribution in [0.2, 0.25) is 0 Å². The van der Waals surface area contributed by atoms with E-state index in [0.29, 0.717) is 4.99 Å². The summed E-state index contributed by atoms with van der Waals surface area (Å²) in [5, 5.41) is 2.90. The molecule has 1 atom stereocenters. The number of thiocarbonyl (C=S) groups is 1. The lowest BCUT2D eigenvalue weighted by Gasteiger charge is -2.23. The number of nitrogens with zero attached hydrogens (tertiary/aromatic N) is 1. The first-order valence-corrected chi connectivity index (χ1v) is 7.27. The average Bonchev–Trinajstić information content (AvgIpc) is 2.44. The molecule has 110 valence electrons. The number of nitrogens with two attached hydrogens (primary N) is 1. The van der Waals surface area contributed by atoms with E-state index >= 15 is 0 Å². The molecule has 1 amide bonds. The number of hydrogen-bond donors (Lipinski definition) is 2. The van der Waals surface area contributed by atoms with Gasteiger partial charge in [0, 0.05) is 11.3 Å². The van der Waals surface area contributed by atoms with Gasteiger partial charge in [-0.2, -0.15) is 0 Å². The smallest absolute Gasteiger partial charge is 0.241 e. The summed E-state index contributed by atoms with van der Waals surface area (Å²) in [4.78, 5) is 14.6. The second-order valence-electron chi connectivity index (χ2n) is 4.94. The number of anilines is 1. The largest absolute Gasteiger partial charge is 0.389 e. The van der Waals surface area contributed by atoms with Gasteiger partial charge in [-0.1, -0.05) is 37.7 Å².